The second-order valence-electron chi connectivity index (χ2n) is 4.88. The van der Waals surface area contributed by atoms with Crippen molar-refractivity contribution in [2.45, 2.75) is 19.5 Å². The first-order valence-corrected chi connectivity index (χ1v) is 7.12. The molecule has 0 aliphatic rings. The number of nitrogens with one attached hydrogen (secondary N) is 1. The summed E-state index contributed by atoms with van der Waals surface area (Å²) in [6.07, 6.45) is -3.67. The molecule has 0 unspecified atom stereocenters. The zero-order valence-corrected chi connectivity index (χ0v) is 12.5. The summed E-state index contributed by atoms with van der Waals surface area (Å²) >= 11 is 0. The lowest BCUT2D eigenvalue weighted by Gasteiger charge is -2.12. The van der Waals surface area contributed by atoms with Crippen molar-refractivity contribution < 1.29 is 22.7 Å². The van der Waals surface area contributed by atoms with Gasteiger partial charge in [-0.3, -0.25) is 4.79 Å². The molecule has 0 aliphatic heterocycles. The Morgan fingerprint density at radius 2 is 1.87 bits per heavy atom. The van der Waals surface area contributed by atoms with Crippen LogP contribution in [-0.4, -0.2) is 12.5 Å². The molecule has 122 valence electrons. The fourth-order valence-electron chi connectivity index (χ4n) is 1.96. The number of alkyl halides is 3. The lowest BCUT2D eigenvalue weighted by Crippen LogP contribution is -2.14. The van der Waals surface area contributed by atoms with Crippen molar-refractivity contribution in [2.75, 3.05) is 11.9 Å². The quantitative estimate of drug-likeness (QED) is 0.862. The Balaban J connectivity index is 2.20. The van der Waals surface area contributed by atoms with Crippen LogP contribution in [-0.2, 0) is 6.18 Å². The van der Waals surface area contributed by atoms with Gasteiger partial charge in [-0.25, -0.2) is 0 Å². The van der Waals surface area contributed by atoms with Crippen molar-refractivity contribution in [2.24, 2.45) is 0 Å². The molecule has 23 heavy (non-hydrogen) atoms. The monoisotopic (exact) mass is 323 g/mol. The maximum absolute atomic E-state index is 12.7. The first-order chi connectivity index (χ1) is 10.9. The number of anilines is 1. The standard InChI is InChI=1S/C17H16F3NO2/c1-2-10-23-15-9-4-3-8-14(15)16(22)21-13-7-5-6-12(11-13)17(18,19)20/h3-9,11H,2,10H2,1H3,(H,21,22). The molecule has 0 aromatic heterocycles. The van der Waals surface area contributed by atoms with Crippen molar-refractivity contribution in [3.8, 4) is 5.75 Å². The van der Waals surface area contributed by atoms with E-state index < -0.39 is 17.6 Å². The molecule has 0 radical (unpaired) electrons. The van der Waals surface area contributed by atoms with Crippen LogP contribution in [0, 0.1) is 0 Å². The smallest absolute Gasteiger partial charge is 0.416 e. The molecule has 0 bridgehead atoms. The normalized spacial score (nSPS) is 11.1. The van der Waals surface area contributed by atoms with Crippen LogP contribution in [0.5, 0.6) is 5.75 Å². The van der Waals surface area contributed by atoms with E-state index >= 15 is 0 Å². The van der Waals surface area contributed by atoms with E-state index in [1.54, 1.807) is 24.3 Å². The van der Waals surface area contributed by atoms with Crippen molar-refractivity contribution in [3.05, 3.63) is 59.7 Å². The maximum Gasteiger partial charge on any atom is 0.416 e. The summed E-state index contributed by atoms with van der Waals surface area (Å²) < 4.78 is 43.6. The van der Waals surface area contributed by atoms with E-state index in [0.29, 0.717) is 12.4 Å². The minimum Gasteiger partial charge on any atom is -0.493 e. The molecule has 2 aromatic rings. The predicted octanol–water partition coefficient (Wildman–Crippen LogP) is 4.75. The Bertz CT molecular complexity index is 684. The van der Waals surface area contributed by atoms with E-state index in [0.717, 1.165) is 18.6 Å². The molecule has 0 saturated carbocycles. The number of carbonyl (C=O) groups is 1. The fraction of sp³-hybridized carbons (Fsp3) is 0.235. The Labute approximate surface area is 132 Å². The number of hydrogen-bond donors (Lipinski definition) is 1. The average Bonchev–Trinajstić information content (AvgIpc) is 2.52. The van der Waals surface area contributed by atoms with Gasteiger partial charge in [0.2, 0.25) is 0 Å². The molecule has 0 atom stereocenters. The van der Waals surface area contributed by atoms with Gasteiger partial charge in [0, 0.05) is 5.69 Å². The number of amides is 1. The van der Waals surface area contributed by atoms with Gasteiger partial charge < -0.3 is 10.1 Å². The van der Waals surface area contributed by atoms with Gasteiger partial charge in [0.25, 0.3) is 5.91 Å². The van der Waals surface area contributed by atoms with Crippen LogP contribution >= 0.6 is 0 Å². The largest absolute Gasteiger partial charge is 0.493 e. The third kappa shape index (κ3) is 4.48. The van der Waals surface area contributed by atoms with Crippen LogP contribution < -0.4 is 10.1 Å². The highest BCUT2D eigenvalue weighted by Gasteiger charge is 2.30. The van der Waals surface area contributed by atoms with Gasteiger partial charge >= 0.3 is 6.18 Å². The highest BCUT2D eigenvalue weighted by Crippen LogP contribution is 2.31. The van der Waals surface area contributed by atoms with Crippen LogP contribution in [0.25, 0.3) is 0 Å². The summed E-state index contributed by atoms with van der Waals surface area (Å²) in [5.74, 6) is -0.116. The summed E-state index contributed by atoms with van der Waals surface area (Å²) in [5, 5.41) is 2.47. The highest BCUT2D eigenvalue weighted by atomic mass is 19.4. The zero-order valence-electron chi connectivity index (χ0n) is 12.5. The first kappa shape index (κ1) is 16.9. The van der Waals surface area contributed by atoms with Gasteiger partial charge in [-0.15, -0.1) is 0 Å². The molecule has 0 aliphatic carbocycles. The van der Waals surface area contributed by atoms with Gasteiger partial charge in [0.05, 0.1) is 17.7 Å². The zero-order chi connectivity index (χ0) is 16.9. The van der Waals surface area contributed by atoms with Crippen molar-refractivity contribution in [1.29, 1.82) is 0 Å². The van der Waals surface area contributed by atoms with Gasteiger partial charge in [-0.05, 0) is 36.8 Å². The summed E-state index contributed by atoms with van der Waals surface area (Å²) in [6.45, 7) is 2.39. The van der Waals surface area contributed by atoms with E-state index in [1.807, 2.05) is 6.92 Å². The molecule has 1 amide bonds. The van der Waals surface area contributed by atoms with Crippen molar-refractivity contribution in [3.63, 3.8) is 0 Å². The molecule has 2 aromatic carbocycles. The van der Waals surface area contributed by atoms with E-state index in [9.17, 15) is 18.0 Å². The minimum atomic E-state index is -4.46. The predicted molar refractivity (Wildman–Crippen MR) is 81.6 cm³/mol. The van der Waals surface area contributed by atoms with Crippen molar-refractivity contribution >= 4 is 11.6 Å². The number of ether oxygens (including phenoxy) is 1. The lowest BCUT2D eigenvalue weighted by atomic mass is 10.1. The van der Waals surface area contributed by atoms with Crippen LogP contribution in [0.3, 0.4) is 0 Å². The molecule has 0 spiro atoms. The number of benzene rings is 2. The average molecular weight is 323 g/mol. The van der Waals surface area contributed by atoms with Crippen LogP contribution in [0.2, 0.25) is 0 Å². The first-order valence-electron chi connectivity index (χ1n) is 7.12. The number of halogens is 3. The number of carbonyl (C=O) groups excluding carboxylic acids is 1. The van der Waals surface area contributed by atoms with Gasteiger partial charge in [0.1, 0.15) is 5.75 Å². The second kappa shape index (κ2) is 7.17. The third-order valence-electron chi connectivity index (χ3n) is 3.04. The molecule has 1 N–H and O–H groups in total. The molecule has 2 rings (SSSR count). The highest BCUT2D eigenvalue weighted by molar-refractivity contribution is 6.06. The maximum atomic E-state index is 12.7. The number of rotatable bonds is 5. The Morgan fingerprint density at radius 1 is 1.13 bits per heavy atom. The second-order valence-corrected chi connectivity index (χ2v) is 4.88. The van der Waals surface area contributed by atoms with Crippen molar-refractivity contribution in [1.82, 2.24) is 0 Å². The SMILES string of the molecule is CCCOc1ccccc1C(=O)Nc1cccc(C(F)(F)F)c1. The van der Waals surface area contributed by atoms with E-state index in [1.165, 1.54) is 12.1 Å². The summed E-state index contributed by atoms with van der Waals surface area (Å²) in [6, 6.07) is 11.1. The van der Waals surface area contributed by atoms with Crippen LogP contribution in [0.15, 0.2) is 48.5 Å². The fourth-order valence-corrected chi connectivity index (χ4v) is 1.96. The van der Waals surface area contributed by atoms with E-state index in [2.05, 4.69) is 5.32 Å². The molecule has 3 nitrogen and oxygen atoms in total. The van der Waals surface area contributed by atoms with Gasteiger partial charge in [-0.1, -0.05) is 25.1 Å². The Kier molecular flexibility index (Phi) is 5.26. The lowest BCUT2D eigenvalue weighted by molar-refractivity contribution is -0.137. The molecule has 6 heteroatoms. The molecule has 0 saturated heterocycles. The topological polar surface area (TPSA) is 38.3 Å². The third-order valence-corrected chi connectivity index (χ3v) is 3.04. The minimum absolute atomic E-state index is 0.0788. The summed E-state index contributed by atoms with van der Waals surface area (Å²) in [7, 11) is 0. The summed E-state index contributed by atoms with van der Waals surface area (Å²) in [4.78, 5) is 12.3. The molecular formula is C17H16F3NO2. The molecular weight excluding hydrogens is 307 g/mol. The Morgan fingerprint density at radius 3 is 2.57 bits per heavy atom. The number of para-hydroxylation sites is 1. The van der Waals surface area contributed by atoms with Crippen LogP contribution in [0.4, 0.5) is 18.9 Å². The van der Waals surface area contributed by atoms with E-state index in [-0.39, 0.29) is 11.3 Å². The summed E-state index contributed by atoms with van der Waals surface area (Å²) in [5.41, 5.74) is -0.459. The van der Waals surface area contributed by atoms with E-state index in [4.69, 9.17) is 4.74 Å². The molecule has 0 heterocycles. The van der Waals surface area contributed by atoms with Gasteiger partial charge in [-0.2, -0.15) is 13.2 Å². The Hall–Kier alpha value is -2.50. The van der Waals surface area contributed by atoms with Crippen LogP contribution in [0.1, 0.15) is 29.3 Å². The van der Waals surface area contributed by atoms with Gasteiger partial charge in [0.15, 0.2) is 0 Å². The molecule has 0 fully saturated rings. The number of hydrogen-bond acceptors (Lipinski definition) is 2.